The number of hydrogen-bond acceptors (Lipinski definition) is 5. The number of methoxy groups -OCH3 is 1. The molecule has 1 aromatic carbocycles. The lowest BCUT2D eigenvalue weighted by molar-refractivity contribution is -0.140. The summed E-state index contributed by atoms with van der Waals surface area (Å²) in [6.45, 7) is 2.76. The lowest BCUT2D eigenvalue weighted by Crippen LogP contribution is -2.31. The number of aryl methyl sites for hydroxylation is 1. The molecule has 0 spiro atoms. The highest BCUT2D eigenvalue weighted by atomic mass is 16.5. The van der Waals surface area contributed by atoms with Gasteiger partial charge in [0.1, 0.15) is 5.76 Å². The van der Waals surface area contributed by atoms with Crippen LogP contribution in [0.1, 0.15) is 29.2 Å². The largest absolute Gasteiger partial charge is 0.507 e. The molecule has 6 nitrogen and oxygen atoms in total. The Bertz CT molecular complexity index is 860. The van der Waals surface area contributed by atoms with Crippen molar-refractivity contribution < 1.29 is 19.4 Å². The molecule has 1 saturated heterocycles. The average molecular weight is 366 g/mol. The first-order chi connectivity index (χ1) is 13.0. The zero-order valence-corrected chi connectivity index (χ0v) is 15.4. The van der Waals surface area contributed by atoms with Crippen molar-refractivity contribution in [3.8, 4) is 0 Å². The zero-order chi connectivity index (χ0) is 19.4. The number of aliphatic hydroxyl groups excluding tert-OH is 1. The van der Waals surface area contributed by atoms with Crippen LogP contribution in [-0.4, -0.2) is 46.9 Å². The molecule has 3 rings (SSSR count). The molecule has 27 heavy (non-hydrogen) atoms. The lowest BCUT2D eigenvalue weighted by atomic mass is 9.96. The van der Waals surface area contributed by atoms with Gasteiger partial charge in [-0.25, -0.2) is 0 Å². The van der Waals surface area contributed by atoms with Gasteiger partial charge in [0.25, 0.3) is 11.7 Å². The predicted molar refractivity (Wildman–Crippen MR) is 101 cm³/mol. The van der Waals surface area contributed by atoms with Crippen LogP contribution in [0.15, 0.2) is 54.4 Å². The van der Waals surface area contributed by atoms with Crippen LogP contribution in [0.4, 0.5) is 0 Å². The highest BCUT2D eigenvalue weighted by Crippen LogP contribution is 2.39. The molecule has 1 aliphatic heterocycles. The fourth-order valence-electron chi connectivity index (χ4n) is 3.24. The highest BCUT2D eigenvalue weighted by Gasteiger charge is 2.45. The molecular weight excluding hydrogens is 344 g/mol. The molecule has 1 atom stereocenters. The van der Waals surface area contributed by atoms with Gasteiger partial charge in [-0.3, -0.25) is 14.6 Å². The Morgan fingerprint density at radius 1 is 1.22 bits per heavy atom. The molecule has 0 aliphatic carbocycles. The van der Waals surface area contributed by atoms with E-state index in [1.165, 1.54) is 4.90 Å². The number of ether oxygens (including phenoxy) is 1. The molecule has 1 fully saturated rings. The molecule has 1 aromatic heterocycles. The summed E-state index contributed by atoms with van der Waals surface area (Å²) in [5.41, 5.74) is 2.32. The van der Waals surface area contributed by atoms with Crippen LogP contribution in [0, 0.1) is 6.92 Å². The third-order valence-corrected chi connectivity index (χ3v) is 4.61. The van der Waals surface area contributed by atoms with Crippen molar-refractivity contribution in [3.05, 3.63) is 71.1 Å². The standard InChI is InChI=1S/C21H22N2O4/c1-14-6-8-15(9-7-14)19(24)17-18(16-5-3-10-22-13-16)23(11-4-12-27-2)21(26)20(17)25/h3,5-10,13,18,24H,4,11-12H2,1-2H3/b19-17+. The van der Waals surface area contributed by atoms with Crippen LogP contribution in [-0.2, 0) is 14.3 Å². The SMILES string of the molecule is COCCCN1C(=O)C(=O)/C(=C(/O)c2ccc(C)cc2)C1c1cccnc1. The minimum absolute atomic E-state index is 0.0919. The van der Waals surface area contributed by atoms with E-state index in [4.69, 9.17) is 4.74 Å². The van der Waals surface area contributed by atoms with Gasteiger partial charge in [0, 0.05) is 38.2 Å². The van der Waals surface area contributed by atoms with E-state index in [2.05, 4.69) is 4.98 Å². The van der Waals surface area contributed by atoms with Gasteiger partial charge in [-0.15, -0.1) is 0 Å². The first-order valence-corrected chi connectivity index (χ1v) is 8.79. The molecule has 0 saturated carbocycles. The van der Waals surface area contributed by atoms with Crippen molar-refractivity contribution in [1.82, 2.24) is 9.88 Å². The summed E-state index contributed by atoms with van der Waals surface area (Å²) >= 11 is 0. The number of likely N-dealkylation sites (tertiary alicyclic amines) is 1. The summed E-state index contributed by atoms with van der Waals surface area (Å²) in [7, 11) is 1.59. The van der Waals surface area contributed by atoms with Gasteiger partial charge in [-0.1, -0.05) is 35.9 Å². The van der Waals surface area contributed by atoms with Crippen molar-refractivity contribution in [2.24, 2.45) is 0 Å². The number of aliphatic hydroxyl groups is 1. The zero-order valence-electron chi connectivity index (χ0n) is 15.4. The van der Waals surface area contributed by atoms with Gasteiger partial charge in [-0.2, -0.15) is 0 Å². The van der Waals surface area contributed by atoms with E-state index in [1.54, 1.807) is 43.8 Å². The molecule has 2 heterocycles. The topological polar surface area (TPSA) is 79.7 Å². The summed E-state index contributed by atoms with van der Waals surface area (Å²) in [5.74, 6) is -1.47. The van der Waals surface area contributed by atoms with E-state index in [0.29, 0.717) is 30.7 Å². The number of hydrogen-bond donors (Lipinski definition) is 1. The first-order valence-electron chi connectivity index (χ1n) is 8.79. The Morgan fingerprint density at radius 2 is 1.96 bits per heavy atom. The number of aromatic nitrogens is 1. The second kappa shape index (κ2) is 8.14. The normalized spacial score (nSPS) is 18.9. The lowest BCUT2D eigenvalue weighted by Gasteiger charge is -2.25. The maximum absolute atomic E-state index is 12.8. The summed E-state index contributed by atoms with van der Waals surface area (Å²) in [6.07, 6.45) is 3.83. The van der Waals surface area contributed by atoms with E-state index in [0.717, 1.165) is 5.56 Å². The summed E-state index contributed by atoms with van der Waals surface area (Å²) in [4.78, 5) is 31.0. The maximum Gasteiger partial charge on any atom is 0.295 e. The van der Waals surface area contributed by atoms with Crippen molar-refractivity contribution in [3.63, 3.8) is 0 Å². The van der Waals surface area contributed by atoms with Crippen LogP contribution in [0.25, 0.3) is 5.76 Å². The van der Waals surface area contributed by atoms with Crippen molar-refractivity contribution >= 4 is 17.4 Å². The quantitative estimate of drug-likeness (QED) is 0.368. The van der Waals surface area contributed by atoms with Gasteiger partial charge >= 0.3 is 0 Å². The molecule has 140 valence electrons. The number of carbonyl (C=O) groups excluding carboxylic acids is 2. The third kappa shape index (κ3) is 3.75. The number of ketones is 1. The van der Waals surface area contributed by atoms with Crippen molar-refractivity contribution in [2.45, 2.75) is 19.4 Å². The van der Waals surface area contributed by atoms with Crippen LogP contribution in [0.2, 0.25) is 0 Å². The summed E-state index contributed by atoms with van der Waals surface area (Å²) in [5, 5.41) is 10.9. The molecule has 6 heteroatoms. The molecule has 1 amide bonds. The second-order valence-electron chi connectivity index (χ2n) is 6.49. The van der Waals surface area contributed by atoms with Gasteiger partial charge in [0.05, 0.1) is 11.6 Å². The number of rotatable bonds is 6. The van der Waals surface area contributed by atoms with Crippen LogP contribution < -0.4 is 0 Å². The molecule has 1 N–H and O–H groups in total. The summed E-state index contributed by atoms with van der Waals surface area (Å²) < 4.78 is 5.06. The fourth-order valence-corrected chi connectivity index (χ4v) is 3.24. The van der Waals surface area contributed by atoms with Crippen LogP contribution in [0.5, 0.6) is 0 Å². The smallest absolute Gasteiger partial charge is 0.295 e. The highest BCUT2D eigenvalue weighted by molar-refractivity contribution is 6.46. The predicted octanol–water partition coefficient (Wildman–Crippen LogP) is 2.85. The van der Waals surface area contributed by atoms with Crippen LogP contribution in [0.3, 0.4) is 0 Å². The van der Waals surface area contributed by atoms with E-state index < -0.39 is 17.7 Å². The van der Waals surface area contributed by atoms with Crippen LogP contribution >= 0.6 is 0 Å². The maximum atomic E-state index is 12.8. The Labute approximate surface area is 158 Å². The van der Waals surface area contributed by atoms with Gasteiger partial charge in [0.15, 0.2) is 0 Å². The number of Topliss-reactive ketones (excluding diaryl/α,β-unsaturated/α-hetero) is 1. The Hall–Kier alpha value is -2.99. The van der Waals surface area contributed by atoms with E-state index >= 15 is 0 Å². The first kappa shape index (κ1) is 18.8. The average Bonchev–Trinajstić information content (AvgIpc) is 2.94. The molecule has 1 aliphatic rings. The number of benzene rings is 1. The van der Waals surface area contributed by atoms with E-state index in [1.807, 2.05) is 19.1 Å². The Morgan fingerprint density at radius 3 is 2.59 bits per heavy atom. The number of nitrogens with zero attached hydrogens (tertiary/aromatic N) is 2. The number of pyridine rings is 1. The summed E-state index contributed by atoms with van der Waals surface area (Å²) in [6, 6.07) is 10.1. The van der Waals surface area contributed by atoms with Gasteiger partial charge in [-0.05, 0) is 25.0 Å². The molecule has 0 radical (unpaired) electrons. The van der Waals surface area contributed by atoms with Crippen molar-refractivity contribution in [1.29, 1.82) is 0 Å². The van der Waals surface area contributed by atoms with Gasteiger partial charge in [0.2, 0.25) is 0 Å². The monoisotopic (exact) mass is 366 g/mol. The molecule has 1 unspecified atom stereocenters. The molecule has 2 aromatic rings. The third-order valence-electron chi connectivity index (χ3n) is 4.61. The van der Waals surface area contributed by atoms with Crippen molar-refractivity contribution in [2.75, 3.05) is 20.3 Å². The van der Waals surface area contributed by atoms with Gasteiger partial charge < -0.3 is 14.7 Å². The Balaban J connectivity index is 2.09. The number of amides is 1. The Kier molecular flexibility index (Phi) is 5.66. The number of carbonyl (C=O) groups is 2. The minimum Gasteiger partial charge on any atom is -0.507 e. The fraction of sp³-hybridized carbons (Fsp3) is 0.286. The van der Waals surface area contributed by atoms with E-state index in [9.17, 15) is 14.7 Å². The second-order valence-corrected chi connectivity index (χ2v) is 6.49. The molecule has 0 bridgehead atoms. The minimum atomic E-state index is -0.681. The van der Waals surface area contributed by atoms with E-state index in [-0.39, 0.29) is 11.3 Å². The molecular formula is C21H22N2O4.